The molecular formula is C21H19N3O4S. The summed E-state index contributed by atoms with van der Waals surface area (Å²) in [4.78, 5) is 17.5. The van der Waals surface area contributed by atoms with Gasteiger partial charge in [-0.3, -0.25) is 9.63 Å². The van der Waals surface area contributed by atoms with Gasteiger partial charge in [-0.15, -0.1) is 0 Å². The lowest BCUT2D eigenvalue weighted by Crippen LogP contribution is -2.25. The van der Waals surface area contributed by atoms with E-state index in [4.69, 9.17) is 4.84 Å². The van der Waals surface area contributed by atoms with E-state index in [2.05, 4.69) is 6.58 Å². The average molecular weight is 409 g/mol. The number of amides is 1. The molecule has 0 aliphatic heterocycles. The van der Waals surface area contributed by atoms with Gasteiger partial charge in [-0.1, -0.05) is 24.3 Å². The highest BCUT2D eigenvalue weighted by molar-refractivity contribution is 7.90. The van der Waals surface area contributed by atoms with Gasteiger partial charge in [0.05, 0.1) is 29.2 Å². The van der Waals surface area contributed by atoms with Crippen molar-refractivity contribution in [2.45, 2.75) is 11.8 Å². The van der Waals surface area contributed by atoms with E-state index >= 15 is 0 Å². The topological polar surface area (TPSA) is 92.4 Å². The fourth-order valence-corrected chi connectivity index (χ4v) is 4.29. The molecule has 2 aromatic carbocycles. The zero-order valence-corrected chi connectivity index (χ0v) is 17.0. The Morgan fingerprint density at radius 2 is 1.86 bits per heavy atom. The Hall–Kier alpha value is -3.41. The number of hydrogen-bond donors (Lipinski definition) is 0. The van der Waals surface area contributed by atoms with E-state index in [9.17, 15) is 18.5 Å². The highest BCUT2D eigenvalue weighted by atomic mass is 32.2. The second-order valence-corrected chi connectivity index (χ2v) is 8.28. The predicted octanol–water partition coefficient (Wildman–Crippen LogP) is 3.09. The van der Waals surface area contributed by atoms with Crippen LogP contribution in [0.25, 0.3) is 16.5 Å². The smallest absolute Gasteiger partial charge is 0.274 e. The number of benzene rings is 2. The molecule has 0 aliphatic carbocycles. The van der Waals surface area contributed by atoms with Crippen molar-refractivity contribution in [3.05, 3.63) is 71.9 Å². The highest BCUT2D eigenvalue weighted by Crippen LogP contribution is 2.31. The Kier molecular flexibility index (Phi) is 5.29. The molecule has 1 heterocycles. The van der Waals surface area contributed by atoms with E-state index in [1.165, 1.54) is 44.6 Å². The molecule has 0 spiro atoms. The van der Waals surface area contributed by atoms with Crippen molar-refractivity contribution in [2.75, 3.05) is 14.2 Å². The Labute approximate surface area is 169 Å². The van der Waals surface area contributed by atoms with Gasteiger partial charge in [-0.25, -0.2) is 17.5 Å². The minimum Gasteiger partial charge on any atom is -0.274 e. The minimum atomic E-state index is -3.93. The van der Waals surface area contributed by atoms with Gasteiger partial charge < -0.3 is 0 Å². The van der Waals surface area contributed by atoms with Crippen molar-refractivity contribution < 1.29 is 18.0 Å². The van der Waals surface area contributed by atoms with Gasteiger partial charge in [0.25, 0.3) is 15.9 Å². The molecule has 0 atom stereocenters. The van der Waals surface area contributed by atoms with Crippen molar-refractivity contribution in [2.24, 2.45) is 0 Å². The largest absolute Gasteiger partial charge is 0.277 e. The number of carbonyl (C=O) groups excluding carboxylic acids is 1. The minimum absolute atomic E-state index is 0.0484. The third-order valence-corrected chi connectivity index (χ3v) is 6.31. The Morgan fingerprint density at radius 1 is 1.21 bits per heavy atom. The molecule has 0 bridgehead atoms. The van der Waals surface area contributed by atoms with Crippen LogP contribution in [0.2, 0.25) is 0 Å². The van der Waals surface area contributed by atoms with E-state index in [-0.39, 0.29) is 10.5 Å². The zero-order valence-electron chi connectivity index (χ0n) is 16.2. The summed E-state index contributed by atoms with van der Waals surface area (Å²) < 4.78 is 27.6. The molecule has 0 aliphatic rings. The second kappa shape index (κ2) is 7.54. The van der Waals surface area contributed by atoms with Crippen LogP contribution in [0.4, 0.5) is 0 Å². The third-order valence-electron chi connectivity index (χ3n) is 4.62. The first kappa shape index (κ1) is 20.3. The molecule has 0 saturated carbocycles. The van der Waals surface area contributed by atoms with E-state index in [0.29, 0.717) is 22.0 Å². The quantitative estimate of drug-likeness (QED) is 0.477. The standard InChI is InChI=1S/C21H19N3O4S/c1-14-5-8-17(9-6-14)29(26,27)24-13-19(15(2)21(25)23(3)28-4)18-11-16(12-22)7-10-20(18)24/h5-11,13H,2H2,1,3-4H3. The summed E-state index contributed by atoms with van der Waals surface area (Å²) in [5, 5.41) is 10.7. The molecular weight excluding hydrogens is 390 g/mol. The number of aryl methyl sites for hydroxylation is 1. The number of fused-ring (bicyclic) bond motifs is 1. The molecule has 3 rings (SSSR count). The van der Waals surface area contributed by atoms with E-state index in [1.54, 1.807) is 18.2 Å². The molecule has 1 aromatic heterocycles. The van der Waals surface area contributed by atoms with Crippen molar-refractivity contribution in [1.29, 1.82) is 5.26 Å². The molecule has 3 aromatic rings. The Bertz CT molecular complexity index is 1270. The fourth-order valence-electron chi connectivity index (χ4n) is 2.92. The Morgan fingerprint density at radius 3 is 2.45 bits per heavy atom. The summed E-state index contributed by atoms with van der Waals surface area (Å²) in [5.74, 6) is -0.526. The number of nitrogens with zero attached hydrogens (tertiary/aromatic N) is 3. The number of carbonyl (C=O) groups is 1. The molecule has 0 saturated heterocycles. The number of likely N-dealkylation sites (N-methyl/N-ethyl adjacent to an activating group) is 1. The fraction of sp³-hybridized carbons (Fsp3) is 0.143. The van der Waals surface area contributed by atoms with Crippen LogP contribution in [0.1, 0.15) is 16.7 Å². The number of hydroxylamine groups is 2. The summed E-state index contributed by atoms with van der Waals surface area (Å²) >= 11 is 0. The van der Waals surface area contributed by atoms with Gasteiger partial charge in [-0.2, -0.15) is 5.26 Å². The van der Waals surface area contributed by atoms with E-state index < -0.39 is 15.9 Å². The third kappa shape index (κ3) is 3.53. The van der Waals surface area contributed by atoms with E-state index in [0.717, 1.165) is 14.6 Å². The first-order valence-electron chi connectivity index (χ1n) is 8.59. The summed E-state index contributed by atoms with van der Waals surface area (Å²) in [5.41, 5.74) is 1.97. The van der Waals surface area contributed by atoms with Crippen LogP contribution < -0.4 is 0 Å². The molecule has 8 heteroatoms. The lowest BCUT2D eigenvalue weighted by atomic mass is 10.0. The first-order valence-corrected chi connectivity index (χ1v) is 10.0. The van der Waals surface area contributed by atoms with Gasteiger partial charge in [0.15, 0.2) is 0 Å². The van der Waals surface area contributed by atoms with Crippen LogP contribution in [-0.2, 0) is 19.7 Å². The number of nitriles is 1. The maximum absolute atomic E-state index is 13.3. The first-order chi connectivity index (χ1) is 13.7. The monoisotopic (exact) mass is 409 g/mol. The number of rotatable bonds is 5. The zero-order chi connectivity index (χ0) is 21.3. The van der Waals surface area contributed by atoms with Gasteiger partial charge in [-0.05, 0) is 37.3 Å². The maximum Gasteiger partial charge on any atom is 0.277 e. The molecule has 0 radical (unpaired) electrons. The van der Waals surface area contributed by atoms with Crippen molar-refractivity contribution >= 4 is 32.4 Å². The molecule has 1 amide bonds. The lowest BCUT2D eigenvalue weighted by molar-refractivity contribution is -0.161. The van der Waals surface area contributed by atoms with Crippen LogP contribution in [-0.4, -0.2) is 37.5 Å². The Balaban J connectivity index is 2.27. The normalized spacial score (nSPS) is 11.2. The molecule has 29 heavy (non-hydrogen) atoms. The van der Waals surface area contributed by atoms with Crippen molar-refractivity contribution in [3.63, 3.8) is 0 Å². The van der Waals surface area contributed by atoms with Crippen LogP contribution in [0, 0.1) is 18.3 Å². The molecule has 0 unspecified atom stereocenters. The number of hydrogen-bond acceptors (Lipinski definition) is 5. The average Bonchev–Trinajstić information content (AvgIpc) is 3.11. The molecule has 148 valence electrons. The SMILES string of the molecule is C=C(C(=O)N(C)OC)c1cn(S(=O)(=O)c2ccc(C)cc2)c2ccc(C#N)cc12. The van der Waals surface area contributed by atoms with Crippen LogP contribution in [0.5, 0.6) is 0 Å². The summed E-state index contributed by atoms with van der Waals surface area (Å²) in [6.45, 7) is 5.68. The predicted molar refractivity (Wildman–Crippen MR) is 109 cm³/mol. The van der Waals surface area contributed by atoms with Gasteiger partial charge in [0.1, 0.15) is 0 Å². The summed E-state index contributed by atoms with van der Waals surface area (Å²) in [6, 6.07) is 13.1. The van der Waals surface area contributed by atoms with Gasteiger partial charge in [0, 0.05) is 29.8 Å². The highest BCUT2D eigenvalue weighted by Gasteiger charge is 2.25. The molecule has 0 N–H and O–H groups in total. The second-order valence-electron chi connectivity index (χ2n) is 6.46. The molecule has 7 nitrogen and oxygen atoms in total. The van der Waals surface area contributed by atoms with Crippen LogP contribution in [0.3, 0.4) is 0 Å². The van der Waals surface area contributed by atoms with E-state index in [1.807, 2.05) is 13.0 Å². The maximum atomic E-state index is 13.3. The number of aromatic nitrogens is 1. The van der Waals surface area contributed by atoms with Gasteiger partial charge >= 0.3 is 0 Å². The van der Waals surface area contributed by atoms with Crippen LogP contribution in [0.15, 0.2) is 60.1 Å². The molecule has 0 fully saturated rings. The van der Waals surface area contributed by atoms with Crippen LogP contribution >= 0.6 is 0 Å². The van der Waals surface area contributed by atoms with Gasteiger partial charge in [0.2, 0.25) is 0 Å². The summed E-state index contributed by atoms with van der Waals surface area (Å²) in [7, 11) is -1.17. The lowest BCUT2D eigenvalue weighted by Gasteiger charge is -2.14. The summed E-state index contributed by atoms with van der Waals surface area (Å²) in [6.07, 6.45) is 1.35. The van der Waals surface area contributed by atoms with Crippen molar-refractivity contribution in [3.8, 4) is 6.07 Å². The van der Waals surface area contributed by atoms with Crippen molar-refractivity contribution in [1.82, 2.24) is 9.04 Å².